The summed E-state index contributed by atoms with van der Waals surface area (Å²) < 4.78 is 10.4. The van der Waals surface area contributed by atoms with Gasteiger partial charge in [0.15, 0.2) is 6.10 Å². The number of esters is 2. The summed E-state index contributed by atoms with van der Waals surface area (Å²) >= 11 is 0. The molecule has 29 heavy (non-hydrogen) atoms. The fourth-order valence-corrected chi connectivity index (χ4v) is 3.17. The molecule has 0 radical (unpaired) electrons. The first kappa shape index (κ1) is 27.9. The van der Waals surface area contributed by atoms with E-state index in [1.54, 1.807) is 0 Å². The van der Waals surface area contributed by atoms with Gasteiger partial charge < -0.3 is 14.6 Å². The van der Waals surface area contributed by atoms with Crippen LogP contribution in [-0.4, -0.2) is 36.4 Å². The third kappa shape index (κ3) is 18.7. The third-order valence-corrected chi connectivity index (χ3v) is 5.44. The summed E-state index contributed by atoms with van der Waals surface area (Å²) in [6.07, 6.45) is 14.7. The maximum atomic E-state index is 11.9. The molecule has 0 aliphatic heterocycles. The first-order chi connectivity index (χ1) is 14.0. The van der Waals surface area contributed by atoms with Gasteiger partial charge >= 0.3 is 11.9 Å². The number of carbonyl (C=O) groups excluding carboxylic acids is 2. The van der Waals surface area contributed by atoms with Gasteiger partial charge in [0, 0.05) is 12.8 Å². The van der Waals surface area contributed by atoms with Gasteiger partial charge in [0.25, 0.3) is 0 Å². The highest BCUT2D eigenvalue weighted by Crippen LogP contribution is 2.14. The molecular formula is C24H46O5. The molecule has 1 N–H and O–H groups in total. The fourth-order valence-electron chi connectivity index (χ4n) is 3.17. The molecule has 0 amide bonds. The summed E-state index contributed by atoms with van der Waals surface area (Å²) in [7, 11) is 0. The normalized spacial score (nSPS) is 13.1. The van der Waals surface area contributed by atoms with E-state index < -0.39 is 6.10 Å². The van der Waals surface area contributed by atoms with Gasteiger partial charge in [0.2, 0.25) is 0 Å². The zero-order valence-electron chi connectivity index (χ0n) is 19.3. The smallest absolute Gasteiger partial charge is 0.306 e. The summed E-state index contributed by atoms with van der Waals surface area (Å²) in [5.41, 5.74) is 0. The summed E-state index contributed by atoms with van der Waals surface area (Å²) in [4.78, 5) is 23.6. The first-order valence-corrected chi connectivity index (χ1v) is 12.0. The predicted octanol–water partition coefficient (Wildman–Crippen LogP) is 5.96. The van der Waals surface area contributed by atoms with Crippen LogP contribution in [0.4, 0.5) is 0 Å². The number of hydrogen-bond acceptors (Lipinski definition) is 5. The van der Waals surface area contributed by atoms with Crippen molar-refractivity contribution in [2.75, 3.05) is 13.2 Å². The lowest BCUT2D eigenvalue weighted by Crippen LogP contribution is -2.28. The van der Waals surface area contributed by atoms with Crippen LogP contribution in [0.3, 0.4) is 0 Å². The van der Waals surface area contributed by atoms with Crippen LogP contribution in [0.1, 0.15) is 117 Å². The molecule has 1 unspecified atom stereocenters. The third-order valence-electron chi connectivity index (χ3n) is 5.44. The van der Waals surface area contributed by atoms with Crippen LogP contribution in [0.15, 0.2) is 0 Å². The second-order valence-electron chi connectivity index (χ2n) is 8.32. The molecule has 0 aromatic rings. The highest BCUT2D eigenvalue weighted by molar-refractivity contribution is 5.70. The zero-order valence-corrected chi connectivity index (χ0v) is 19.3. The van der Waals surface area contributed by atoms with Crippen molar-refractivity contribution in [3.05, 3.63) is 0 Å². The van der Waals surface area contributed by atoms with E-state index in [9.17, 15) is 14.7 Å². The average Bonchev–Trinajstić information content (AvgIpc) is 2.72. The molecule has 0 bridgehead atoms. The van der Waals surface area contributed by atoms with Crippen molar-refractivity contribution in [3.8, 4) is 0 Å². The number of aliphatic hydroxyl groups is 1. The minimum Gasteiger partial charge on any atom is -0.462 e. The Kier molecular flexibility index (Phi) is 19.4. The van der Waals surface area contributed by atoms with E-state index >= 15 is 0 Å². The molecule has 5 heteroatoms. The van der Waals surface area contributed by atoms with E-state index in [1.165, 1.54) is 44.9 Å². The molecule has 0 saturated heterocycles. The minimum absolute atomic E-state index is 0.0633. The van der Waals surface area contributed by atoms with Crippen molar-refractivity contribution in [2.24, 2.45) is 5.92 Å². The predicted molar refractivity (Wildman–Crippen MR) is 118 cm³/mol. The maximum absolute atomic E-state index is 11.9. The Labute approximate surface area is 178 Å². The van der Waals surface area contributed by atoms with E-state index in [0.717, 1.165) is 44.4 Å². The van der Waals surface area contributed by atoms with Crippen molar-refractivity contribution in [3.63, 3.8) is 0 Å². The van der Waals surface area contributed by atoms with Gasteiger partial charge in [-0.3, -0.25) is 9.59 Å². The molecule has 5 nitrogen and oxygen atoms in total. The Morgan fingerprint density at radius 1 is 0.793 bits per heavy atom. The lowest BCUT2D eigenvalue weighted by atomic mass is 10.00. The summed E-state index contributed by atoms with van der Waals surface area (Å²) in [6, 6.07) is 0. The molecule has 172 valence electrons. The van der Waals surface area contributed by atoms with Crippen LogP contribution in [0.25, 0.3) is 0 Å². The van der Waals surface area contributed by atoms with Crippen molar-refractivity contribution in [1.29, 1.82) is 0 Å². The van der Waals surface area contributed by atoms with Gasteiger partial charge in [-0.15, -0.1) is 0 Å². The lowest BCUT2D eigenvalue weighted by Gasteiger charge is -2.15. The largest absolute Gasteiger partial charge is 0.462 e. The molecular weight excluding hydrogens is 368 g/mol. The highest BCUT2D eigenvalue weighted by Gasteiger charge is 2.16. The van der Waals surface area contributed by atoms with Crippen LogP contribution >= 0.6 is 0 Å². The Bertz CT molecular complexity index is 397. The van der Waals surface area contributed by atoms with E-state index in [4.69, 9.17) is 9.47 Å². The molecule has 0 aromatic heterocycles. The van der Waals surface area contributed by atoms with Gasteiger partial charge in [-0.05, 0) is 18.8 Å². The van der Waals surface area contributed by atoms with Gasteiger partial charge in [-0.1, -0.05) is 91.4 Å². The van der Waals surface area contributed by atoms with Gasteiger partial charge in [0.05, 0.1) is 6.61 Å². The molecule has 0 aliphatic rings. The average molecular weight is 415 g/mol. The highest BCUT2D eigenvalue weighted by atomic mass is 16.6. The summed E-state index contributed by atoms with van der Waals surface area (Å²) in [5.74, 6) is 0.218. The van der Waals surface area contributed by atoms with E-state index in [2.05, 4.69) is 20.8 Å². The number of aliphatic hydroxyl groups excluding tert-OH is 1. The van der Waals surface area contributed by atoms with Gasteiger partial charge in [-0.2, -0.15) is 0 Å². The fraction of sp³-hybridized carbons (Fsp3) is 0.917. The topological polar surface area (TPSA) is 72.8 Å². The van der Waals surface area contributed by atoms with Crippen molar-refractivity contribution >= 4 is 11.9 Å². The maximum Gasteiger partial charge on any atom is 0.306 e. The number of rotatable bonds is 20. The summed E-state index contributed by atoms with van der Waals surface area (Å²) in [5, 5.41) is 9.34. The van der Waals surface area contributed by atoms with Crippen molar-refractivity contribution < 1.29 is 24.2 Å². The number of unbranched alkanes of at least 4 members (excludes halogenated alkanes) is 9. The van der Waals surface area contributed by atoms with Gasteiger partial charge in [0.1, 0.15) is 6.61 Å². The summed E-state index contributed by atoms with van der Waals surface area (Å²) in [6.45, 7) is 6.31. The molecule has 0 saturated carbocycles. The Hall–Kier alpha value is -1.10. The zero-order chi connectivity index (χ0) is 21.7. The second kappa shape index (κ2) is 20.2. The molecule has 2 atom stereocenters. The Balaban J connectivity index is 3.67. The monoisotopic (exact) mass is 414 g/mol. The minimum atomic E-state index is -0.757. The molecule has 0 fully saturated rings. The Morgan fingerprint density at radius 2 is 1.34 bits per heavy atom. The van der Waals surface area contributed by atoms with Crippen molar-refractivity contribution in [1.82, 2.24) is 0 Å². The molecule has 0 aromatic carbocycles. The van der Waals surface area contributed by atoms with Gasteiger partial charge in [-0.25, -0.2) is 0 Å². The van der Waals surface area contributed by atoms with Crippen LogP contribution < -0.4 is 0 Å². The molecule has 0 rings (SSSR count). The first-order valence-electron chi connectivity index (χ1n) is 12.0. The van der Waals surface area contributed by atoms with Crippen LogP contribution in [0.2, 0.25) is 0 Å². The lowest BCUT2D eigenvalue weighted by molar-refractivity contribution is -0.161. The van der Waals surface area contributed by atoms with Crippen LogP contribution in [0, 0.1) is 5.92 Å². The van der Waals surface area contributed by atoms with Crippen LogP contribution in [-0.2, 0) is 19.1 Å². The van der Waals surface area contributed by atoms with E-state index in [1.807, 2.05) is 0 Å². The number of ether oxygens (including phenoxy) is 2. The van der Waals surface area contributed by atoms with Crippen molar-refractivity contribution in [2.45, 2.75) is 123 Å². The van der Waals surface area contributed by atoms with Crippen LogP contribution in [0.5, 0.6) is 0 Å². The molecule has 0 heterocycles. The Morgan fingerprint density at radius 3 is 1.93 bits per heavy atom. The van der Waals surface area contributed by atoms with E-state index in [0.29, 0.717) is 12.8 Å². The molecule has 0 aliphatic carbocycles. The standard InChI is InChI=1S/C24H46O5/c1-4-6-7-10-14-17-23(26)28-20-22(19-25)29-24(27)18-15-12-9-8-11-13-16-21(3)5-2/h21-22,25H,4-20H2,1-3H3/t21?,22-/m0/s1. The second-order valence-corrected chi connectivity index (χ2v) is 8.32. The number of carbonyl (C=O) groups is 2. The molecule has 0 spiro atoms. The number of hydrogen-bond donors (Lipinski definition) is 1. The van der Waals surface area contributed by atoms with E-state index in [-0.39, 0.29) is 25.2 Å². The SMILES string of the molecule is CCCCCCCC(=O)OC[C@H](CO)OC(=O)CCCCCCCCC(C)CC. The quantitative estimate of drug-likeness (QED) is 0.196.